The molecule has 0 atom stereocenters. The normalized spacial score (nSPS) is 10.5. The average Bonchev–Trinajstić information content (AvgIpc) is 2.84. The van der Waals surface area contributed by atoms with Gasteiger partial charge in [0.25, 0.3) is 0 Å². The van der Waals surface area contributed by atoms with Crippen LogP contribution < -0.4 is 15.2 Å². The Morgan fingerprint density at radius 2 is 2.09 bits per heavy atom. The lowest BCUT2D eigenvalue weighted by atomic mass is 10.1. The summed E-state index contributed by atoms with van der Waals surface area (Å²) in [6, 6.07) is 7.67. The molecule has 0 aliphatic carbocycles. The first-order valence-corrected chi connectivity index (χ1v) is 7.12. The summed E-state index contributed by atoms with van der Waals surface area (Å²) in [6.07, 6.45) is 0. The van der Waals surface area contributed by atoms with E-state index in [0.29, 0.717) is 35.2 Å². The molecule has 0 saturated carbocycles. The molecule has 1 aromatic heterocycles. The lowest BCUT2D eigenvalue weighted by Crippen LogP contribution is -2.07. The molecule has 0 radical (unpaired) electrons. The molecule has 6 nitrogen and oxygen atoms in total. The fraction of sp³-hybridized carbons (Fsp3) is 0.375. The second-order valence-corrected chi connectivity index (χ2v) is 5.06. The number of rotatable bonds is 5. The molecule has 6 heteroatoms. The molecule has 0 saturated heterocycles. The maximum atomic E-state index is 9.39. The van der Waals surface area contributed by atoms with Gasteiger partial charge in [-0.05, 0) is 39.0 Å². The van der Waals surface area contributed by atoms with E-state index in [0.717, 1.165) is 5.56 Å². The zero-order chi connectivity index (χ0) is 16.3. The second kappa shape index (κ2) is 6.39. The number of aromatic nitrogens is 2. The third-order valence-corrected chi connectivity index (χ3v) is 3.29. The fourth-order valence-electron chi connectivity index (χ4n) is 2.25. The van der Waals surface area contributed by atoms with Crippen molar-refractivity contribution >= 4 is 5.82 Å². The van der Waals surface area contributed by atoms with Crippen molar-refractivity contribution in [2.24, 2.45) is 0 Å². The van der Waals surface area contributed by atoms with Crippen molar-refractivity contribution in [2.45, 2.75) is 26.8 Å². The molecular formula is C16H20N4O2. The van der Waals surface area contributed by atoms with Gasteiger partial charge in [0.15, 0.2) is 11.5 Å². The summed E-state index contributed by atoms with van der Waals surface area (Å²) in [6.45, 7) is 6.35. The van der Waals surface area contributed by atoms with Crippen molar-refractivity contribution in [2.75, 3.05) is 19.5 Å². The van der Waals surface area contributed by atoms with Gasteiger partial charge < -0.3 is 15.2 Å². The van der Waals surface area contributed by atoms with E-state index in [2.05, 4.69) is 11.2 Å². The zero-order valence-corrected chi connectivity index (χ0v) is 13.3. The first-order chi connectivity index (χ1) is 10.5. The van der Waals surface area contributed by atoms with Crippen LogP contribution in [-0.4, -0.2) is 23.5 Å². The van der Waals surface area contributed by atoms with Crippen molar-refractivity contribution < 1.29 is 9.47 Å². The number of nitriles is 1. The van der Waals surface area contributed by atoms with Crippen molar-refractivity contribution in [3.8, 4) is 28.8 Å². The van der Waals surface area contributed by atoms with Crippen LogP contribution in [0.3, 0.4) is 0 Å². The van der Waals surface area contributed by atoms with Gasteiger partial charge in [-0.2, -0.15) is 10.4 Å². The molecule has 1 heterocycles. The summed E-state index contributed by atoms with van der Waals surface area (Å²) >= 11 is 0. The summed E-state index contributed by atoms with van der Waals surface area (Å²) in [5, 5.41) is 13.9. The summed E-state index contributed by atoms with van der Waals surface area (Å²) < 4.78 is 12.5. The Kier molecular flexibility index (Phi) is 4.56. The number of nitrogens with two attached hydrogens (primary N) is 1. The Balaban J connectivity index is 2.59. The predicted molar refractivity (Wildman–Crippen MR) is 84.9 cm³/mol. The molecule has 2 rings (SSSR count). The molecule has 2 aromatic rings. The van der Waals surface area contributed by atoms with E-state index < -0.39 is 0 Å². The van der Waals surface area contributed by atoms with Gasteiger partial charge in [-0.15, -0.1) is 0 Å². The second-order valence-electron chi connectivity index (χ2n) is 5.06. The molecular weight excluding hydrogens is 280 g/mol. The summed E-state index contributed by atoms with van der Waals surface area (Å²) in [5.74, 6) is 1.63. The number of nitrogen functional groups attached to an aromatic ring is 1. The lowest BCUT2D eigenvalue weighted by molar-refractivity contribution is 0.311. The van der Waals surface area contributed by atoms with Crippen molar-refractivity contribution in [3.05, 3.63) is 23.8 Å². The maximum absolute atomic E-state index is 9.39. The van der Waals surface area contributed by atoms with E-state index in [1.54, 1.807) is 17.9 Å². The van der Waals surface area contributed by atoms with Gasteiger partial charge in [0.05, 0.1) is 13.7 Å². The van der Waals surface area contributed by atoms with Crippen LogP contribution in [0.2, 0.25) is 0 Å². The predicted octanol–water partition coefficient (Wildman–Crippen LogP) is 2.99. The highest BCUT2D eigenvalue weighted by Gasteiger charge is 2.19. The molecule has 0 spiro atoms. The highest BCUT2D eigenvalue weighted by Crippen LogP contribution is 2.35. The fourth-order valence-corrected chi connectivity index (χ4v) is 2.25. The van der Waals surface area contributed by atoms with Crippen LogP contribution in [0.5, 0.6) is 11.5 Å². The Morgan fingerprint density at radius 1 is 1.36 bits per heavy atom. The first-order valence-electron chi connectivity index (χ1n) is 7.12. The molecule has 0 aliphatic rings. The zero-order valence-electron chi connectivity index (χ0n) is 13.3. The number of benzene rings is 1. The molecule has 0 fully saturated rings. The number of anilines is 1. The van der Waals surface area contributed by atoms with Crippen molar-refractivity contribution in [1.82, 2.24) is 9.78 Å². The van der Waals surface area contributed by atoms with Crippen LogP contribution in [0.4, 0.5) is 5.82 Å². The van der Waals surface area contributed by atoms with Crippen LogP contribution in [0.15, 0.2) is 18.2 Å². The van der Waals surface area contributed by atoms with Crippen LogP contribution in [0.1, 0.15) is 32.4 Å². The number of ether oxygens (including phenoxy) is 2. The third kappa shape index (κ3) is 2.70. The first kappa shape index (κ1) is 15.7. The topological polar surface area (TPSA) is 86.1 Å². The van der Waals surface area contributed by atoms with Crippen LogP contribution in [-0.2, 0) is 0 Å². The number of hydrogen-bond acceptors (Lipinski definition) is 5. The van der Waals surface area contributed by atoms with Gasteiger partial charge in [0, 0.05) is 11.6 Å². The Labute approximate surface area is 130 Å². The van der Waals surface area contributed by atoms with Crippen molar-refractivity contribution in [3.63, 3.8) is 0 Å². The molecule has 0 amide bonds. The molecule has 0 bridgehead atoms. The van der Waals surface area contributed by atoms with Gasteiger partial charge in [0.1, 0.15) is 23.1 Å². The lowest BCUT2D eigenvalue weighted by Gasteiger charge is -2.10. The van der Waals surface area contributed by atoms with Crippen LogP contribution in [0.25, 0.3) is 11.3 Å². The number of nitrogens with zero attached hydrogens (tertiary/aromatic N) is 3. The van der Waals surface area contributed by atoms with Crippen LogP contribution in [0, 0.1) is 11.3 Å². The molecule has 2 N–H and O–H groups in total. The quantitative estimate of drug-likeness (QED) is 0.917. The van der Waals surface area contributed by atoms with Gasteiger partial charge in [-0.1, -0.05) is 0 Å². The molecule has 116 valence electrons. The number of hydrogen-bond donors (Lipinski definition) is 1. The summed E-state index contributed by atoms with van der Waals surface area (Å²) in [5.41, 5.74) is 7.73. The van der Waals surface area contributed by atoms with Gasteiger partial charge >= 0.3 is 0 Å². The highest BCUT2D eigenvalue weighted by molar-refractivity contribution is 5.74. The van der Waals surface area contributed by atoms with Gasteiger partial charge in [0.2, 0.25) is 0 Å². The monoisotopic (exact) mass is 300 g/mol. The van der Waals surface area contributed by atoms with E-state index in [4.69, 9.17) is 15.2 Å². The maximum Gasteiger partial charge on any atom is 0.161 e. The van der Waals surface area contributed by atoms with Crippen molar-refractivity contribution in [1.29, 1.82) is 5.26 Å². The Morgan fingerprint density at radius 3 is 2.64 bits per heavy atom. The Bertz CT molecular complexity index is 714. The SMILES string of the molecule is CCOc1cc(-c2nn(C(C)C)c(N)c2C#N)ccc1OC. The molecule has 1 aromatic carbocycles. The highest BCUT2D eigenvalue weighted by atomic mass is 16.5. The average molecular weight is 300 g/mol. The largest absolute Gasteiger partial charge is 0.493 e. The standard InChI is InChI=1S/C16H20N4O2/c1-5-22-14-8-11(6-7-13(14)21-4)15-12(9-17)16(18)20(19-15)10(2)3/h6-8,10H,5,18H2,1-4H3. The summed E-state index contributed by atoms with van der Waals surface area (Å²) in [4.78, 5) is 0. The van der Waals surface area contributed by atoms with Crippen LogP contribution >= 0.6 is 0 Å². The van der Waals surface area contributed by atoms with E-state index in [9.17, 15) is 5.26 Å². The smallest absolute Gasteiger partial charge is 0.161 e. The van der Waals surface area contributed by atoms with E-state index in [1.165, 1.54) is 0 Å². The Hall–Kier alpha value is -2.68. The minimum atomic E-state index is 0.0745. The van der Waals surface area contributed by atoms with E-state index in [1.807, 2.05) is 32.9 Å². The minimum absolute atomic E-state index is 0.0745. The molecule has 0 unspecified atom stereocenters. The molecule has 0 aliphatic heterocycles. The number of methoxy groups -OCH3 is 1. The summed E-state index contributed by atoms with van der Waals surface area (Å²) in [7, 11) is 1.59. The molecule has 22 heavy (non-hydrogen) atoms. The van der Waals surface area contributed by atoms with Gasteiger partial charge in [-0.25, -0.2) is 4.68 Å². The van der Waals surface area contributed by atoms with E-state index in [-0.39, 0.29) is 6.04 Å². The van der Waals surface area contributed by atoms with E-state index >= 15 is 0 Å². The third-order valence-electron chi connectivity index (χ3n) is 3.29. The minimum Gasteiger partial charge on any atom is -0.493 e. The van der Waals surface area contributed by atoms with Gasteiger partial charge in [-0.3, -0.25) is 0 Å².